The molecular formula is C16H27NO2. The van der Waals surface area contributed by atoms with E-state index in [0.29, 0.717) is 12.6 Å². The second kappa shape index (κ2) is 9.82. The maximum Gasteiger partial charge on any atom is 0.124 e. The largest absolute Gasteiger partial charge is 0.493 e. The van der Waals surface area contributed by atoms with E-state index in [0.717, 1.165) is 44.6 Å². The molecule has 1 aromatic carbocycles. The van der Waals surface area contributed by atoms with Crippen molar-refractivity contribution in [3.05, 3.63) is 29.8 Å². The Balaban J connectivity index is 2.40. The van der Waals surface area contributed by atoms with Crippen LogP contribution >= 0.6 is 0 Å². The number of benzene rings is 1. The van der Waals surface area contributed by atoms with Gasteiger partial charge in [0.15, 0.2) is 0 Å². The van der Waals surface area contributed by atoms with Gasteiger partial charge in [0.05, 0.1) is 6.61 Å². The number of hydrogen-bond acceptors (Lipinski definition) is 3. The van der Waals surface area contributed by atoms with Crippen molar-refractivity contribution < 1.29 is 9.84 Å². The molecule has 3 heteroatoms. The summed E-state index contributed by atoms with van der Waals surface area (Å²) in [5.41, 5.74) is 1.22. The van der Waals surface area contributed by atoms with Crippen molar-refractivity contribution >= 4 is 0 Å². The summed E-state index contributed by atoms with van der Waals surface area (Å²) in [5.74, 6) is 0.984. The van der Waals surface area contributed by atoms with Gasteiger partial charge in [0.1, 0.15) is 5.75 Å². The van der Waals surface area contributed by atoms with Crippen molar-refractivity contribution in [3.8, 4) is 5.75 Å². The fraction of sp³-hybridized carbons (Fsp3) is 0.625. The number of aliphatic hydroxyl groups excluding tert-OH is 1. The average Bonchev–Trinajstić information content (AvgIpc) is 2.43. The van der Waals surface area contributed by atoms with Gasteiger partial charge in [-0.3, -0.25) is 0 Å². The van der Waals surface area contributed by atoms with E-state index in [1.54, 1.807) is 0 Å². The highest BCUT2D eigenvalue weighted by molar-refractivity contribution is 5.35. The summed E-state index contributed by atoms with van der Waals surface area (Å²) in [6.07, 6.45) is 4.14. The molecule has 0 spiro atoms. The van der Waals surface area contributed by atoms with Gasteiger partial charge in [0.25, 0.3) is 0 Å². The molecule has 1 aromatic rings. The summed E-state index contributed by atoms with van der Waals surface area (Å²) >= 11 is 0. The Hall–Kier alpha value is -1.06. The van der Waals surface area contributed by atoms with Crippen LogP contribution in [0.1, 0.15) is 51.1 Å². The standard InChI is InChI=1S/C16H27NO2/c1-3-17-14(2)15-10-6-7-11-16(15)19-13-9-5-4-8-12-18/h6-7,10-11,14,17-18H,3-5,8-9,12-13H2,1-2H3. The molecule has 0 saturated heterocycles. The van der Waals surface area contributed by atoms with E-state index in [2.05, 4.69) is 31.3 Å². The van der Waals surface area contributed by atoms with E-state index in [1.165, 1.54) is 5.56 Å². The van der Waals surface area contributed by atoms with Gasteiger partial charge < -0.3 is 15.2 Å². The van der Waals surface area contributed by atoms with Crippen molar-refractivity contribution in [2.45, 2.75) is 45.6 Å². The van der Waals surface area contributed by atoms with E-state index in [-0.39, 0.29) is 0 Å². The molecule has 19 heavy (non-hydrogen) atoms. The van der Waals surface area contributed by atoms with Crippen LogP contribution in [-0.4, -0.2) is 24.9 Å². The first-order chi connectivity index (χ1) is 9.29. The lowest BCUT2D eigenvalue weighted by Crippen LogP contribution is -2.18. The van der Waals surface area contributed by atoms with E-state index in [1.807, 2.05) is 12.1 Å². The molecule has 0 fully saturated rings. The molecule has 1 atom stereocenters. The highest BCUT2D eigenvalue weighted by atomic mass is 16.5. The molecule has 108 valence electrons. The summed E-state index contributed by atoms with van der Waals surface area (Å²) in [7, 11) is 0. The molecule has 1 unspecified atom stereocenters. The lowest BCUT2D eigenvalue weighted by molar-refractivity contribution is 0.272. The van der Waals surface area contributed by atoms with E-state index >= 15 is 0 Å². The summed E-state index contributed by atoms with van der Waals surface area (Å²) in [4.78, 5) is 0. The van der Waals surface area contributed by atoms with Crippen LogP contribution in [0.5, 0.6) is 5.75 Å². The first-order valence-corrected chi connectivity index (χ1v) is 7.35. The van der Waals surface area contributed by atoms with Gasteiger partial charge in [0.2, 0.25) is 0 Å². The molecule has 0 radical (unpaired) electrons. The van der Waals surface area contributed by atoms with Crippen molar-refractivity contribution in [1.82, 2.24) is 5.32 Å². The highest BCUT2D eigenvalue weighted by Gasteiger charge is 2.09. The maximum atomic E-state index is 8.71. The molecule has 0 saturated carbocycles. The Morgan fingerprint density at radius 1 is 1.16 bits per heavy atom. The summed E-state index contributed by atoms with van der Waals surface area (Å²) in [6.45, 7) is 6.27. The van der Waals surface area contributed by atoms with Crippen LogP contribution < -0.4 is 10.1 Å². The van der Waals surface area contributed by atoms with Crippen molar-refractivity contribution in [2.75, 3.05) is 19.8 Å². The Bertz CT molecular complexity index is 341. The van der Waals surface area contributed by atoms with Gasteiger partial charge in [-0.05, 0) is 38.8 Å². The molecule has 1 rings (SSSR count). The fourth-order valence-corrected chi connectivity index (χ4v) is 2.14. The predicted molar refractivity (Wildman–Crippen MR) is 79.6 cm³/mol. The monoisotopic (exact) mass is 265 g/mol. The molecule has 0 aromatic heterocycles. The van der Waals surface area contributed by atoms with Gasteiger partial charge in [-0.25, -0.2) is 0 Å². The van der Waals surface area contributed by atoms with Crippen LogP contribution in [-0.2, 0) is 0 Å². The third kappa shape index (κ3) is 6.08. The zero-order chi connectivity index (χ0) is 13.9. The number of rotatable bonds is 10. The molecule has 0 aliphatic heterocycles. The zero-order valence-corrected chi connectivity index (χ0v) is 12.2. The van der Waals surface area contributed by atoms with Crippen LogP contribution in [0.3, 0.4) is 0 Å². The minimum absolute atomic E-state index is 0.296. The summed E-state index contributed by atoms with van der Waals surface area (Å²) < 4.78 is 5.88. The normalized spacial score (nSPS) is 12.4. The minimum Gasteiger partial charge on any atom is -0.493 e. The highest BCUT2D eigenvalue weighted by Crippen LogP contribution is 2.24. The SMILES string of the molecule is CCNC(C)c1ccccc1OCCCCCCO. The molecule has 0 amide bonds. The summed E-state index contributed by atoms with van der Waals surface area (Å²) in [6, 6.07) is 8.54. The average molecular weight is 265 g/mol. The van der Waals surface area contributed by atoms with Crippen molar-refractivity contribution in [2.24, 2.45) is 0 Å². The number of aliphatic hydroxyl groups is 1. The van der Waals surface area contributed by atoms with Gasteiger partial charge >= 0.3 is 0 Å². The second-order valence-electron chi connectivity index (χ2n) is 4.80. The van der Waals surface area contributed by atoms with E-state index in [4.69, 9.17) is 9.84 Å². The fourth-order valence-electron chi connectivity index (χ4n) is 2.14. The van der Waals surface area contributed by atoms with Gasteiger partial charge in [-0.2, -0.15) is 0 Å². The first kappa shape index (κ1) is 16.0. The Kier molecular flexibility index (Phi) is 8.26. The molecule has 0 aliphatic rings. The molecule has 2 N–H and O–H groups in total. The molecular weight excluding hydrogens is 238 g/mol. The number of ether oxygens (including phenoxy) is 1. The topological polar surface area (TPSA) is 41.5 Å². The van der Waals surface area contributed by atoms with E-state index in [9.17, 15) is 0 Å². The molecule has 0 heterocycles. The lowest BCUT2D eigenvalue weighted by Gasteiger charge is -2.17. The van der Waals surface area contributed by atoms with Crippen molar-refractivity contribution in [1.29, 1.82) is 0 Å². The third-order valence-corrected chi connectivity index (χ3v) is 3.21. The third-order valence-electron chi connectivity index (χ3n) is 3.21. The minimum atomic E-state index is 0.296. The molecule has 3 nitrogen and oxygen atoms in total. The smallest absolute Gasteiger partial charge is 0.124 e. The van der Waals surface area contributed by atoms with Gasteiger partial charge in [0, 0.05) is 18.2 Å². The van der Waals surface area contributed by atoms with Crippen LogP contribution in [0.4, 0.5) is 0 Å². The maximum absolute atomic E-state index is 8.71. The number of hydrogen-bond donors (Lipinski definition) is 2. The van der Waals surface area contributed by atoms with Gasteiger partial charge in [-0.15, -0.1) is 0 Å². The molecule has 0 aliphatic carbocycles. The first-order valence-electron chi connectivity index (χ1n) is 7.35. The van der Waals surface area contributed by atoms with Crippen molar-refractivity contribution in [3.63, 3.8) is 0 Å². The predicted octanol–water partition coefficient (Wildman–Crippen LogP) is 3.29. The van der Waals surface area contributed by atoms with Crippen LogP contribution in [0.2, 0.25) is 0 Å². The Morgan fingerprint density at radius 3 is 2.63 bits per heavy atom. The number of nitrogens with one attached hydrogen (secondary N) is 1. The second-order valence-corrected chi connectivity index (χ2v) is 4.80. The quantitative estimate of drug-likeness (QED) is 0.638. The summed E-state index contributed by atoms with van der Waals surface area (Å²) in [5, 5.41) is 12.1. The van der Waals surface area contributed by atoms with E-state index < -0.39 is 0 Å². The Labute approximate surface area is 117 Å². The van der Waals surface area contributed by atoms with Gasteiger partial charge in [-0.1, -0.05) is 31.5 Å². The van der Waals surface area contributed by atoms with Crippen LogP contribution in [0.15, 0.2) is 24.3 Å². The number of unbranched alkanes of at least 4 members (excludes halogenated alkanes) is 3. The van der Waals surface area contributed by atoms with Crippen LogP contribution in [0, 0.1) is 0 Å². The number of para-hydroxylation sites is 1. The zero-order valence-electron chi connectivity index (χ0n) is 12.2. The Morgan fingerprint density at radius 2 is 1.89 bits per heavy atom. The van der Waals surface area contributed by atoms with Crippen LogP contribution in [0.25, 0.3) is 0 Å². The molecule has 0 bridgehead atoms. The lowest BCUT2D eigenvalue weighted by atomic mass is 10.1.